The molecule has 2 unspecified atom stereocenters. The van der Waals surface area contributed by atoms with Crippen LogP contribution in [0, 0.1) is 0 Å². The molecule has 0 aromatic carbocycles. The van der Waals surface area contributed by atoms with Gasteiger partial charge in [-0.1, -0.05) is 28.1 Å². The van der Waals surface area contributed by atoms with Crippen molar-refractivity contribution >= 4 is 45.2 Å². The minimum Gasteiger partial charge on any atom is -0.293 e. The van der Waals surface area contributed by atoms with Crippen molar-refractivity contribution in [3.05, 3.63) is 22.5 Å². The Labute approximate surface area is 88.2 Å². The molecule has 0 N–H and O–H groups in total. The molecule has 12 heavy (non-hydrogen) atoms. The third-order valence-electron chi connectivity index (χ3n) is 1.80. The SMILES string of the molecule is O=C(CBr)C1=CC2SC=CC2S1. The maximum absolute atomic E-state index is 11.3. The minimum absolute atomic E-state index is 0.211. The molecule has 0 radical (unpaired) electrons. The average Bonchev–Trinajstić information content (AvgIpc) is 2.60. The first-order chi connectivity index (χ1) is 5.81. The monoisotopic (exact) mass is 262 g/mol. The number of ketones is 1. The van der Waals surface area contributed by atoms with E-state index in [4.69, 9.17) is 0 Å². The van der Waals surface area contributed by atoms with Crippen molar-refractivity contribution in [1.29, 1.82) is 0 Å². The van der Waals surface area contributed by atoms with Gasteiger partial charge in [-0.2, -0.15) is 0 Å². The molecule has 0 aromatic rings. The van der Waals surface area contributed by atoms with Crippen LogP contribution in [0.3, 0.4) is 0 Å². The smallest absolute Gasteiger partial charge is 0.179 e. The fourth-order valence-corrected chi connectivity index (χ4v) is 4.23. The molecule has 2 rings (SSSR count). The van der Waals surface area contributed by atoms with E-state index in [0.717, 1.165) is 4.91 Å². The van der Waals surface area contributed by atoms with Gasteiger partial charge in [-0.05, 0) is 5.41 Å². The molecule has 0 fully saturated rings. The molecule has 2 aliphatic rings. The van der Waals surface area contributed by atoms with E-state index in [1.807, 2.05) is 0 Å². The molecule has 4 heteroatoms. The van der Waals surface area contributed by atoms with Gasteiger partial charge in [0.25, 0.3) is 0 Å². The number of alkyl halides is 1. The molecule has 0 saturated heterocycles. The van der Waals surface area contributed by atoms with Gasteiger partial charge >= 0.3 is 0 Å². The van der Waals surface area contributed by atoms with Gasteiger partial charge in [0.15, 0.2) is 5.78 Å². The van der Waals surface area contributed by atoms with Crippen LogP contribution in [0.15, 0.2) is 22.5 Å². The van der Waals surface area contributed by atoms with Crippen LogP contribution in [0.25, 0.3) is 0 Å². The highest BCUT2D eigenvalue weighted by atomic mass is 79.9. The zero-order valence-electron chi connectivity index (χ0n) is 6.20. The van der Waals surface area contributed by atoms with E-state index >= 15 is 0 Å². The molecule has 0 aliphatic carbocycles. The zero-order valence-corrected chi connectivity index (χ0v) is 9.42. The van der Waals surface area contributed by atoms with Gasteiger partial charge in [0.2, 0.25) is 0 Å². The first-order valence-electron chi connectivity index (χ1n) is 3.61. The Morgan fingerprint density at radius 1 is 1.58 bits per heavy atom. The van der Waals surface area contributed by atoms with Gasteiger partial charge in [-0.15, -0.1) is 23.5 Å². The van der Waals surface area contributed by atoms with Crippen LogP contribution in [0.1, 0.15) is 0 Å². The van der Waals surface area contributed by atoms with Gasteiger partial charge in [0, 0.05) is 15.4 Å². The molecule has 2 heterocycles. The second kappa shape index (κ2) is 3.60. The van der Waals surface area contributed by atoms with E-state index in [-0.39, 0.29) is 5.78 Å². The summed E-state index contributed by atoms with van der Waals surface area (Å²) in [5.41, 5.74) is 0. The number of hydrogen-bond acceptors (Lipinski definition) is 3. The van der Waals surface area contributed by atoms with Crippen LogP contribution >= 0.6 is 39.5 Å². The topological polar surface area (TPSA) is 17.1 Å². The second-order valence-corrected chi connectivity index (χ2v) is 5.47. The number of rotatable bonds is 2. The van der Waals surface area contributed by atoms with Crippen LogP contribution in [0.2, 0.25) is 0 Å². The molecule has 0 bridgehead atoms. The fraction of sp³-hybridized carbons (Fsp3) is 0.375. The summed E-state index contributed by atoms with van der Waals surface area (Å²) < 4.78 is 0. The lowest BCUT2D eigenvalue weighted by molar-refractivity contribution is -0.112. The number of hydrogen-bond donors (Lipinski definition) is 0. The van der Waals surface area contributed by atoms with Crippen molar-refractivity contribution in [3.63, 3.8) is 0 Å². The van der Waals surface area contributed by atoms with Crippen molar-refractivity contribution in [1.82, 2.24) is 0 Å². The van der Waals surface area contributed by atoms with E-state index < -0.39 is 0 Å². The van der Waals surface area contributed by atoms with E-state index in [9.17, 15) is 4.79 Å². The summed E-state index contributed by atoms with van der Waals surface area (Å²) in [6.07, 6.45) is 4.26. The summed E-state index contributed by atoms with van der Waals surface area (Å²) in [5, 5.41) is 3.58. The largest absolute Gasteiger partial charge is 0.293 e. The van der Waals surface area contributed by atoms with Crippen LogP contribution in [-0.2, 0) is 4.79 Å². The quantitative estimate of drug-likeness (QED) is 0.713. The molecule has 0 spiro atoms. The van der Waals surface area contributed by atoms with Crippen molar-refractivity contribution in [3.8, 4) is 0 Å². The molecule has 2 atom stereocenters. The van der Waals surface area contributed by atoms with E-state index in [0.29, 0.717) is 15.8 Å². The van der Waals surface area contributed by atoms with Gasteiger partial charge < -0.3 is 0 Å². The molecule has 0 amide bonds. The van der Waals surface area contributed by atoms with E-state index in [2.05, 4.69) is 33.5 Å². The summed E-state index contributed by atoms with van der Waals surface area (Å²) in [4.78, 5) is 12.2. The number of Topliss-reactive ketones (excluding diaryl/α,β-unsaturated/α-hetero) is 1. The van der Waals surface area contributed by atoms with Crippen molar-refractivity contribution in [2.45, 2.75) is 10.5 Å². The standard InChI is InChI=1S/C8H7BrOS2/c9-4-5(10)7-3-8-6(12-7)1-2-11-8/h1-3,6,8H,4H2. The molecular weight excluding hydrogens is 256 g/mol. The number of thioether (sulfide) groups is 2. The predicted molar refractivity (Wildman–Crippen MR) is 58.8 cm³/mol. The fourth-order valence-electron chi connectivity index (χ4n) is 1.20. The summed E-state index contributed by atoms with van der Waals surface area (Å²) in [5.74, 6) is 0.211. The van der Waals surface area contributed by atoms with E-state index in [1.165, 1.54) is 0 Å². The second-order valence-electron chi connectivity index (χ2n) is 2.60. The van der Waals surface area contributed by atoms with Crippen LogP contribution in [0.5, 0.6) is 0 Å². The lowest BCUT2D eigenvalue weighted by Crippen LogP contribution is -2.04. The molecule has 0 saturated carbocycles. The lowest BCUT2D eigenvalue weighted by atomic mass is 10.2. The maximum Gasteiger partial charge on any atom is 0.179 e. The normalized spacial score (nSPS) is 31.9. The third kappa shape index (κ3) is 1.52. The van der Waals surface area contributed by atoms with Gasteiger partial charge in [-0.3, -0.25) is 4.79 Å². The van der Waals surface area contributed by atoms with Crippen LogP contribution in [0.4, 0.5) is 0 Å². The van der Waals surface area contributed by atoms with E-state index in [1.54, 1.807) is 23.5 Å². The molecule has 64 valence electrons. The lowest BCUT2D eigenvalue weighted by Gasteiger charge is -2.03. The van der Waals surface area contributed by atoms with Gasteiger partial charge in [0.1, 0.15) is 0 Å². The van der Waals surface area contributed by atoms with Crippen molar-refractivity contribution in [2.24, 2.45) is 0 Å². The minimum atomic E-state index is 0.211. The van der Waals surface area contributed by atoms with Crippen molar-refractivity contribution in [2.75, 3.05) is 5.33 Å². The van der Waals surface area contributed by atoms with Crippen molar-refractivity contribution < 1.29 is 4.79 Å². The number of carbonyl (C=O) groups excluding carboxylic acids is 1. The average molecular weight is 263 g/mol. The third-order valence-corrected chi connectivity index (χ3v) is 4.88. The Kier molecular flexibility index (Phi) is 2.67. The first-order valence-corrected chi connectivity index (χ1v) is 6.55. The van der Waals surface area contributed by atoms with Crippen LogP contribution < -0.4 is 0 Å². The molecule has 0 aromatic heterocycles. The molecular formula is C8H7BrOS2. The number of fused-ring (bicyclic) bond motifs is 1. The first kappa shape index (κ1) is 8.91. The highest BCUT2D eigenvalue weighted by Crippen LogP contribution is 2.44. The Balaban J connectivity index is 2.09. The Morgan fingerprint density at radius 2 is 2.42 bits per heavy atom. The molecule has 1 nitrogen and oxygen atoms in total. The summed E-state index contributed by atoms with van der Waals surface area (Å²) in [6, 6.07) is 0. The zero-order chi connectivity index (χ0) is 8.55. The summed E-state index contributed by atoms with van der Waals surface area (Å²) in [7, 11) is 0. The molecule has 2 aliphatic heterocycles. The Morgan fingerprint density at radius 3 is 3.08 bits per heavy atom. The highest BCUT2D eigenvalue weighted by Gasteiger charge is 2.31. The summed E-state index contributed by atoms with van der Waals surface area (Å²) >= 11 is 6.66. The number of carbonyl (C=O) groups is 1. The Bertz CT molecular complexity index is 272. The van der Waals surface area contributed by atoms with Gasteiger partial charge in [-0.25, -0.2) is 0 Å². The predicted octanol–water partition coefficient (Wildman–Crippen LogP) is 2.58. The number of allylic oxidation sites excluding steroid dienone is 1. The summed E-state index contributed by atoms with van der Waals surface area (Å²) in [6.45, 7) is 0. The van der Waals surface area contributed by atoms with Gasteiger partial charge in [0.05, 0.1) is 5.33 Å². The Hall–Kier alpha value is 0.330. The van der Waals surface area contributed by atoms with Crippen LogP contribution in [-0.4, -0.2) is 21.6 Å². The number of halogens is 1. The maximum atomic E-state index is 11.3. The highest BCUT2D eigenvalue weighted by molar-refractivity contribution is 9.09.